The van der Waals surface area contributed by atoms with Crippen molar-refractivity contribution in [3.63, 3.8) is 0 Å². The molecule has 0 radical (unpaired) electrons. The summed E-state index contributed by atoms with van der Waals surface area (Å²) in [5.41, 5.74) is 7.36. The lowest BCUT2D eigenvalue weighted by Crippen LogP contribution is -2.16. The van der Waals surface area contributed by atoms with Crippen molar-refractivity contribution in [3.05, 3.63) is 137 Å². The van der Waals surface area contributed by atoms with E-state index in [4.69, 9.17) is 13.9 Å². The van der Waals surface area contributed by atoms with Crippen LogP contribution in [0.1, 0.15) is 38.8 Å². The van der Waals surface area contributed by atoms with Crippen LogP contribution in [0.3, 0.4) is 0 Å². The Morgan fingerprint density at radius 3 is 2.25 bits per heavy atom. The Morgan fingerprint density at radius 2 is 1.55 bits per heavy atom. The van der Waals surface area contributed by atoms with Crippen LogP contribution in [0.2, 0.25) is 0 Å². The van der Waals surface area contributed by atoms with Gasteiger partial charge >= 0.3 is 5.91 Å². The predicted octanol–water partition coefficient (Wildman–Crippen LogP) is 6.75. The zero-order valence-electron chi connectivity index (χ0n) is 22.1. The molecule has 0 saturated heterocycles. The molecule has 0 saturated carbocycles. The third kappa shape index (κ3) is 6.66. The van der Waals surface area contributed by atoms with Crippen molar-refractivity contribution in [3.8, 4) is 17.2 Å². The van der Waals surface area contributed by atoms with Crippen molar-refractivity contribution in [2.45, 2.75) is 27.1 Å². The highest BCUT2D eigenvalue weighted by molar-refractivity contribution is 5.92. The molecule has 1 amide bonds. The number of benzene rings is 3. The molecule has 5 rings (SSSR count). The van der Waals surface area contributed by atoms with Gasteiger partial charge in [0.1, 0.15) is 36.3 Å². The van der Waals surface area contributed by atoms with Gasteiger partial charge in [-0.25, -0.2) is 9.82 Å². The maximum atomic E-state index is 13.3. The SMILES string of the molecule is Cc1ccc(C)n1-c1ccc(OCc2ccc(C(=O)N/N=C/c3ccc(OCc4cccc(F)c4)cc3)o2)cc1. The molecule has 1 N–H and O–H groups in total. The molecule has 5 aromatic rings. The number of nitrogens with zero attached hydrogens (tertiary/aromatic N) is 2. The molecule has 0 bridgehead atoms. The largest absolute Gasteiger partial charge is 0.489 e. The number of hydrogen-bond acceptors (Lipinski definition) is 5. The Balaban J connectivity index is 1.08. The monoisotopic (exact) mass is 537 g/mol. The van der Waals surface area contributed by atoms with Crippen LogP contribution in [-0.4, -0.2) is 16.7 Å². The van der Waals surface area contributed by atoms with Gasteiger partial charge in [-0.1, -0.05) is 12.1 Å². The van der Waals surface area contributed by atoms with Crippen LogP contribution in [0.5, 0.6) is 11.5 Å². The second-order valence-electron chi connectivity index (χ2n) is 9.19. The van der Waals surface area contributed by atoms with Gasteiger partial charge < -0.3 is 18.5 Å². The summed E-state index contributed by atoms with van der Waals surface area (Å²) in [5, 5.41) is 4.00. The fourth-order valence-electron chi connectivity index (χ4n) is 4.16. The number of nitrogens with one attached hydrogen (secondary N) is 1. The summed E-state index contributed by atoms with van der Waals surface area (Å²) in [7, 11) is 0. The van der Waals surface area contributed by atoms with E-state index in [1.165, 1.54) is 29.7 Å². The Labute approximate surface area is 231 Å². The number of hydrazone groups is 1. The summed E-state index contributed by atoms with van der Waals surface area (Å²) in [4.78, 5) is 12.4. The average molecular weight is 538 g/mol. The highest BCUT2D eigenvalue weighted by Gasteiger charge is 2.11. The summed E-state index contributed by atoms with van der Waals surface area (Å²) in [5.74, 6) is 1.21. The molecule has 0 spiro atoms. The molecular formula is C32H28FN3O4. The van der Waals surface area contributed by atoms with Gasteiger partial charge in [0.2, 0.25) is 0 Å². The van der Waals surface area contributed by atoms with E-state index in [0.29, 0.717) is 17.3 Å². The van der Waals surface area contributed by atoms with Crippen LogP contribution in [0.15, 0.2) is 107 Å². The normalized spacial score (nSPS) is 11.1. The topological polar surface area (TPSA) is 78.0 Å². The Hall–Kier alpha value is -5.11. The minimum absolute atomic E-state index is 0.130. The summed E-state index contributed by atoms with van der Waals surface area (Å²) in [6.07, 6.45) is 1.52. The third-order valence-electron chi connectivity index (χ3n) is 6.19. The van der Waals surface area contributed by atoms with E-state index in [2.05, 4.69) is 41.1 Å². The highest BCUT2D eigenvalue weighted by atomic mass is 19.1. The van der Waals surface area contributed by atoms with Crippen LogP contribution in [0, 0.1) is 19.7 Å². The van der Waals surface area contributed by atoms with E-state index in [0.717, 1.165) is 16.8 Å². The van der Waals surface area contributed by atoms with Gasteiger partial charge in [0.15, 0.2) is 5.76 Å². The van der Waals surface area contributed by atoms with Gasteiger partial charge in [-0.2, -0.15) is 5.10 Å². The van der Waals surface area contributed by atoms with Crippen LogP contribution in [-0.2, 0) is 13.2 Å². The summed E-state index contributed by atoms with van der Waals surface area (Å²) >= 11 is 0. The fraction of sp³-hybridized carbons (Fsp3) is 0.125. The van der Waals surface area contributed by atoms with Crippen LogP contribution in [0.25, 0.3) is 5.69 Å². The molecule has 40 heavy (non-hydrogen) atoms. The number of carbonyl (C=O) groups excluding carboxylic acids is 1. The molecular weight excluding hydrogens is 509 g/mol. The highest BCUT2D eigenvalue weighted by Crippen LogP contribution is 2.21. The van der Waals surface area contributed by atoms with Gasteiger partial charge in [-0.3, -0.25) is 4.79 Å². The van der Waals surface area contributed by atoms with Crippen molar-refractivity contribution in [2.75, 3.05) is 0 Å². The van der Waals surface area contributed by atoms with Crippen molar-refractivity contribution >= 4 is 12.1 Å². The van der Waals surface area contributed by atoms with E-state index in [-0.39, 0.29) is 24.8 Å². The summed E-state index contributed by atoms with van der Waals surface area (Å²) < 4.78 is 32.6. The summed E-state index contributed by atoms with van der Waals surface area (Å²) in [6, 6.07) is 28.7. The first-order chi connectivity index (χ1) is 19.4. The minimum atomic E-state index is -0.473. The average Bonchev–Trinajstić information content (AvgIpc) is 3.58. The zero-order chi connectivity index (χ0) is 27.9. The maximum Gasteiger partial charge on any atom is 0.307 e. The lowest BCUT2D eigenvalue weighted by atomic mass is 10.2. The Kier molecular flexibility index (Phi) is 8.06. The van der Waals surface area contributed by atoms with Gasteiger partial charge in [-0.05, 0) is 110 Å². The van der Waals surface area contributed by atoms with Crippen molar-refractivity contribution in [2.24, 2.45) is 5.10 Å². The molecule has 0 atom stereocenters. The van der Waals surface area contributed by atoms with E-state index in [1.807, 2.05) is 24.3 Å². The Bertz CT molecular complexity index is 1600. The number of hydrogen-bond donors (Lipinski definition) is 1. The van der Waals surface area contributed by atoms with Crippen molar-refractivity contribution in [1.29, 1.82) is 0 Å². The number of aryl methyl sites for hydroxylation is 2. The number of carbonyl (C=O) groups is 1. The van der Waals surface area contributed by atoms with Gasteiger partial charge in [0.05, 0.1) is 6.21 Å². The number of rotatable bonds is 10. The van der Waals surface area contributed by atoms with E-state index < -0.39 is 5.91 Å². The molecule has 7 nitrogen and oxygen atoms in total. The van der Waals surface area contributed by atoms with Gasteiger partial charge in [0, 0.05) is 17.1 Å². The summed E-state index contributed by atoms with van der Waals surface area (Å²) in [6.45, 7) is 4.59. The standard InChI is InChI=1S/C32H28FN3O4/c1-22-6-7-23(2)36(22)27-10-14-29(15-11-27)39-21-30-16-17-31(40-30)32(37)35-34-19-24-8-12-28(13-9-24)38-20-25-4-3-5-26(33)18-25/h3-19H,20-21H2,1-2H3,(H,35,37)/b34-19+. The molecule has 2 aromatic heterocycles. The lowest BCUT2D eigenvalue weighted by molar-refractivity contribution is 0.0923. The molecule has 0 aliphatic rings. The molecule has 8 heteroatoms. The van der Waals surface area contributed by atoms with E-state index >= 15 is 0 Å². The molecule has 0 fully saturated rings. The molecule has 3 aromatic carbocycles. The van der Waals surface area contributed by atoms with Crippen LogP contribution >= 0.6 is 0 Å². The predicted molar refractivity (Wildman–Crippen MR) is 151 cm³/mol. The van der Waals surface area contributed by atoms with Gasteiger partial charge in [-0.15, -0.1) is 0 Å². The smallest absolute Gasteiger partial charge is 0.307 e. The third-order valence-corrected chi connectivity index (χ3v) is 6.19. The zero-order valence-corrected chi connectivity index (χ0v) is 22.1. The van der Waals surface area contributed by atoms with Crippen LogP contribution < -0.4 is 14.9 Å². The molecule has 0 aliphatic carbocycles. The minimum Gasteiger partial charge on any atom is -0.489 e. The van der Waals surface area contributed by atoms with Crippen LogP contribution in [0.4, 0.5) is 4.39 Å². The number of halogens is 1. The molecule has 0 unspecified atom stereocenters. The Morgan fingerprint density at radius 1 is 0.875 bits per heavy atom. The molecule has 0 aliphatic heterocycles. The number of amides is 1. The number of furan rings is 1. The quantitative estimate of drug-likeness (QED) is 0.158. The second-order valence-corrected chi connectivity index (χ2v) is 9.19. The first-order valence-electron chi connectivity index (χ1n) is 12.7. The van der Waals surface area contributed by atoms with E-state index in [9.17, 15) is 9.18 Å². The second kappa shape index (κ2) is 12.2. The molecule has 2 heterocycles. The van der Waals surface area contributed by atoms with E-state index in [1.54, 1.807) is 48.5 Å². The first kappa shape index (κ1) is 26.5. The van der Waals surface area contributed by atoms with Crippen molar-refractivity contribution < 1.29 is 23.1 Å². The lowest BCUT2D eigenvalue weighted by Gasteiger charge is -2.10. The molecule has 202 valence electrons. The number of aromatic nitrogens is 1. The fourth-order valence-corrected chi connectivity index (χ4v) is 4.16. The first-order valence-corrected chi connectivity index (χ1v) is 12.7. The maximum absolute atomic E-state index is 13.3. The number of ether oxygens (including phenoxy) is 2. The van der Waals surface area contributed by atoms with Gasteiger partial charge in [0.25, 0.3) is 0 Å². The van der Waals surface area contributed by atoms with Crippen molar-refractivity contribution in [1.82, 2.24) is 9.99 Å².